The van der Waals surface area contributed by atoms with Crippen molar-refractivity contribution in [3.63, 3.8) is 0 Å². The van der Waals surface area contributed by atoms with Gasteiger partial charge in [-0.05, 0) is 38.8 Å². The highest BCUT2D eigenvalue weighted by Gasteiger charge is 2.29. The molecule has 0 bridgehead atoms. The maximum absolute atomic E-state index is 6.27. The minimum absolute atomic E-state index is 0.0309. The van der Waals surface area contributed by atoms with E-state index < -0.39 is 16.6 Å². The molecule has 0 aromatic carbocycles. The maximum Gasteiger partial charge on any atom is 0.173 e. The van der Waals surface area contributed by atoms with Crippen LogP contribution in [0.4, 0.5) is 0 Å². The van der Waals surface area contributed by atoms with Crippen molar-refractivity contribution in [1.29, 1.82) is 0 Å². The highest BCUT2D eigenvalue weighted by atomic mass is 28.4. The topological polar surface area (TPSA) is 27.7 Å². The number of rotatable bonds is 8. The van der Waals surface area contributed by atoms with Gasteiger partial charge in [-0.25, -0.2) is 0 Å². The van der Waals surface area contributed by atoms with Gasteiger partial charge < -0.3 is 13.6 Å². The summed E-state index contributed by atoms with van der Waals surface area (Å²) in [6.45, 7) is 11.4. The molecule has 2 radical (unpaired) electrons. The monoisotopic (exact) mass is 278 g/mol. The summed E-state index contributed by atoms with van der Waals surface area (Å²) in [6.07, 6.45) is 0. The van der Waals surface area contributed by atoms with Gasteiger partial charge in [-0.15, -0.1) is 0 Å². The fourth-order valence-electron chi connectivity index (χ4n) is 1.63. The molecule has 0 spiro atoms. The molecule has 0 saturated heterocycles. The molecule has 0 fully saturated rings. The molecular weight excluding hydrogens is 252 g/mol. The summed E-state index contributed by atoms with van der Waals surface area (Å²) in [5, 5.41) is 0. The van der Waals surface area contributed by atoms with Gasteiger partial charge in [0, 0.05) is 14.2 Å². The van der Waals surface area contributed by atoms with Crippen molar-refractivity contribution in [2.75, 3.05) is 14.2 Å². The van der Waals surface area contributed by atoms with Crippen molar-refractivity contribution in [2.24, 2.45) is 0 Å². The Morgan fingerprint density at radius 2 is 1.50 bits per heavy atom. The Morgan fingerprint density at radius 1 is 1.00 bits per heavy atom. The van der Waals surface area contributed by atoms with Gasteiger partial charge in [-0.3, -0.25) is 0 Å². The minimum Gasteiger partial charge on any atom is -0.456 e. The summed E-state index contributed by atoms with van der Waals surface area (Å²) in [7, 11) is 1.24. The van der Waals surface area contributed by atoms with Crippen LogP contribution in [0.1, 0.15) is 0 Å². The second-order valence-corrected chi connectivity index (χ2v) is 15.9. The van der Waals surface area contributed by atoms with Crippen LogP contribution in [-0.4, -0.2) is 46.3 Å². The average molecular weight is 279 g/mol. The standard InChI is InChI=1S/C10H26O3Si3/c1-11-10(12-2)14-8-9-16(6,7)13-15(3,4)5/h10H,8-9H2,1-7H3. The van der Waals surface area contributed by atoms with Crippen LogP contribution in [0.25, 0.3) is 0 Å². The Kier molecular flexibility index (Phi) is 7.31. The second-order valence-electron chi connectivity index (χ2n) is 5.48. The molecule has 0 aliphatic carbocycles. The Balaban J connectivity index is 3.90. The largest absolute Gasteiger partial charge is 0.456 e. The number of hydrogen-bond acceptors (Lipinski definition) is 3. The predicted molar refractivity (Wildman–Crippen MR) is 75.1 cm³/mol. The van der Waals surface area contributed by atoms with Gasteiger partial charge in [0.25, 0.3) is 0 Å². The third-order valence-corrected chi connectivity index (χ3v) is 10.0. The number of ether oxygens (including phenoxy) is 2. The van der Waals surface area contributed by atoms with Gasteiger partial charge in [0.15, 0.2) is 16.6 Å². The number of methoxy groups -OCH3 is 2. The molecule has 0 amide bonds. The lowest BCUT2D eigenvalue weighted by Crippen LogP contribution is -2.42. The molecule has 0 heterocycles. The lowest BCUT2D eigenvalue weighted by atomic mass is 10.9. The van der Waals surface area contributed by atoms with E-state index in [0.717, 1.165) is 6.04 Å². The average Bonchev–Trinajstić information content (AvgIpc) is 2.08. The molecule has 0 saturated carbocycles. The molecule has 16 heavy (non-hydrogen) atoms. The molecule has 0 N–H and O–H groups in total. The van der Waals surface area contributed by atoms with Gasteiger partial charge >= 0.3 is 0 Å². The Labute approximate surface area is 105 Å². The van der Waals surface area contributed by atoms with E-state index in [2.05, 4.69) is 32.7 Å². The van der Waals surface area contributed by atoms with Crippen LogP contribution in [0.3, 0.4) is 0 Å². The van der Waals surface area contributed by atoms with Crippen LogP contribution in [0.2, 0.25) is 44.8 Å². The van der Waals surface area contributed by atoms with E-state index >= 15 is 0 Å². The van der Waals surface area contributed by atoms with E-state index in [1.165, 1.54) is 6.04 Å². The molecule has 6 heteroatoms. The first-order valence-electron chi connectivity index (χ1n) is 5.69. The summed E-state index contributed by atoms with van der Waals surface area (Å²) < 4.78 is 16.7. The highest BCUT2D eigenvalue weighted by Crippen LogP contribution is 2.20. The van der Waals surface area contributed by atoms with Crippen LogP contribution < -0.4 is 0 Å². The fourth-order valence-corrected chi connectivity index (χ4v) is 12.2. The summed E-state index contributed by atoms with van der Waals surface area (Å²) in [4.78, 5) is 0. The van der Waals surface area contributed by atoms with Crippen molar-refractivity contribution in [2.45, 2.75) is 50.7 Å². The SMILES string of the molecule is COC(OC)[Si]CC[Si](C)(C)O[Si](C)(C)C. The van der Waals surface area contributed by atoms with Crippen LogP contribution in [-0.2, 0) is 13.6 Å². The Bertz CT molecular complexity index is 188. The predicted octanol–water partition coefficient (Wildman–Crippen LogP) is 2.74. The zero-order valence-electron chi connectivity index (χ0n) is 11.7. The first-order chi connectivity index (χ1) is 7.20. The molecule has 0 aromatic rings. The van der Waals surface area contributed by atoms with Crippen molar-refractivity contribution >= 4 is 26.2 Å². The smallest absolute Gasteiger partial charge is 0.173 e. The third kappa shape index (κ3) is 8.66. The van der Waals surface area contributed by atoms with Gasteiger partial charge in [-0.2, -0.15) is 0 Å². The zero-order valence-corrected chi connectivity index (χ0v) is 14.7. The molecular formula is C10H26O3Si3. The molecule has 3 nitrogen and oxygen atoms in total. The van der Waals surface area contributed by atoms with Crippen molar-refractivity contribution in [3.8, 4) is 0 Å². The van der Waals surface area contributed by atoms with E-state index in [0.29, 0.717) is 9.52 Å². The Hall–Kier alpha value is 0.531. The second kappa shape index (κ2) is 7.07. The summed E-state index contributed by atoms with van der Waals surface area (Å²) in [6, 6.07) is 2.34. The Morgan fingerprint density at radius 3 is 1.88 bits per heavy atom. The fraction of sp³-hybridized carbons (Fsp3) is 1.00. The third-order valence-electron chi connectivity index (χ3n) is 2.05. The molecule has 0 rings (SSSR count). The minimum atomic E-state index is -1.47. The summed E-state index contributed by atoms with van der Waals surface area (Å²) >= 11 is 0. The van der Waals surface area contributed by atoms with Gasteiger partial charge in [0.2, 0.25) is 0 Å². The molecule has 96 valence electrons. The van der Waals surface area contributed by atoms with E-state index in [4.69, 9.17) is 13.6 Å². The van der Waals surface area contributed by atoms with Crippen LogP contribution in [0, 0.1) is 0 Å². The zero-order chi connectivity index (χ0) is 12.8. The van der Waals surface area contributed by atoms with Gasteiger partial charge in [0.1, 0.15) is 15.4 Å². The lowest BCUT2D eigenvalue weighted by Gasteiger charge is -2.31. The van der Waals surface area contributed by atoms with E-state index in [1.54, 1.807) is 14.2 Å². The summed E-state index contributed by atoms with van der Waals surface area (Å²) in [5.74, 6) is -0.0309. The molecule has 0 aliphatic rings. The lowest BCUT2D eigenvalue weighted by molar-refractivity contribution is -0.0440. The summed E-state index contributed by atoms with van der Waals surface area (Å²) in [5.41, 5.74) is 0. The molecule has 0 aromatic heterocycles. The van der Waals surface area contributed by atoms with Crippen LogP contribution in [0.15, 0.2) is 0 Å². The molecule has 0 unspecified atom stereocenters. The van der Waals surface area contributed by atoms with E-state index in [-0.39, 0.29) is 5.91 Å². The first kappa shape index (κ1) is 16.5. The quantitative estimate of drug-likeness (QED) is 0.505. The molecule has 0 atom stereocenters. The van der Waals surface area contributed by atoms with E-state index in [1.807, 2.05) is 0 Å². The van der Waals surface area contributed by atoms with Crippen LogP contribution in [0.5, 0.6) is 0 Å². The van der Waals surface area contributed by atoms with Crippen molar-refractivity contribution in [3.05, 3.63) is 0 Å². The van der Waals surface area contributed by atoms with E-state index in [9.17, 15) is 0 Å². The van der Waals surface area contributed by atoms with Crippen molar-refractivity contribution < 1.29 is 13.6 Å². The van der Waals surface area contributed by atoms with Crippen LogP contribution >= 0.6 is 0 Å². The maximum atomic E-state index is 6.27. The molecule has 0 aliphatic heterocycles. The normalized spacial score (nSPS) is 13.5. The van der Waals surface area contributed by atoms with Crippen molar-refractivity contribution in [1.82, 2.24) is 0 Å². The van der Waals surface area contributed by atoms with Gasteiger partial charge in [0.05, 0.1) is 0 Å². The highest BCUT2D eigenvalue weighted by molar-refractivity contribution is 6.84. The number of hydrogen-bond donors (Lipinski definition) is 0. The first-order valence-corrected chi connectivity index (χ1v) is 13.5. The van der Waals surface area contributed by atoms with Gasteiger partial charge in [-0.1, -0.05) is 6.04 Å².